The van der Waals surface area contributed by atoms with Crippen LogP contribution in [0.25, 0.3) is 26.3 Å². The number of fused-ring (bicyclic) bond motifs is 1. The summed E-state index contributed by atoms with van der Waals surface area (Å²) in [6.45, 7) is 1.62. The van der Waals surface area contributed by atoms with Gasteiger partial charge in [0.15, 0.2) is 0 Å². The smallest absolute Gasteiger partial charge is 0.279 e. The number of nitro benzene ring substituents is 1. The lowest BCUT2D eigenvalue weighted by Crippen LogP contribution is -2.39. The molecule has 45 heavy (non-hydrogen) atoms. The highest BCUT2D eigenvalue weighted by atomic mass is 32.1. The Labute approximate surface area is 260 Å². The minimum atomic E-state index is -0.809. The maximum atomic E-state index is 14.9. The predicted octanol–water partition coefficient (Wildman–Crippen LogP) is 7.54. The SMILES string of the molecule is CC(Cc1ccccc1)Cc1c(-c2ccc([N+](=O)[O-])cc2)sc2c1c(=O)n(-c1ccccc1)c(=O)n2Cc1c(F)cccc1F. The molecule has 7 nitrogen and oxygen atoms in total. The van der Waals surface area contributed by atoms with Crippen molar-refractivity contribution in [1.29, 1.82) is 0 Å². The molecule has 6 aromatic rings. The van der Waals surface area contributed by atoms with Gasteiger partial charge in [-0.1, -0.05) is 61.5 Å². The summed E-state index contributed by atoms with van der Waals surface area (Å²) in [5.41, 5.74) is 1.08. The van der Waals surface area contributed by atoms with E-state index in [1.54, 1.807) is 42.5 Å². The molecule has 0 spiro atoms. The Morgan fingerprint density at radius 3 is 2.04 bits per heavy atom. The highest BCUT2D eigenvalue weighted by molar-refractivity contribution is 7.22. The molecule has 1 atom stereocenters. The summed E-state index contributed by atoms with van der Waals surface area (Å²) >= 11 is 1.16. The molecule has 1 unspecified atom stereocenters. The summed E-state index contributed by atoms with van der Waals surface area (Å²) in [5, 5.41) is 11.6. The second-order valence-electron chi connectivity index (χ2n) is 10.9. The number of aromatic nitrogens is 2. The van der Waals surface area contributed by atoms with Gasteiger partial charge >= 0.3 is 5.69 Å². The standard InChI is InChI=1S/C35H27F2N3O4S/c1-22(19-23-9-4-2-5-10-23)20-27-31-33(41)39(25-11-6-3-7-12-25)35(42)38(21-28-29(36)13-8-14-30(28)37)34(31)45-32(27)24-15-17-26(18-16-24)40(43)44/h2-18,22H,19-21H2,1H3. The van der Waals surface area contributed by atoms with Crippen molar-refractivity contribution in [2.24, 2.45) is 5.92 Å². The van der Waals surface area contributed by atoms with E-state index >= 15 is 0 Å². The molecule has 2 heterocycles. The summed E-state index contributed by atoms with van der Waals surface area (Å²) in [5.74, 6) is -1.57. The Morgan fingerprint density at radius 2 is 1.42 bits per heavy atom. The molecule has 6 rings (SSSR count). The van der Waals surface area contributed by atoms with Crippen molar-refractivity contribution in [2.45, 2.75) is 26.3 Å². The monoisotopic (exact) mass is 623 g/mol. The van der Waals surface area contributed by atoms with Crippen LogP contribution in [0.5, 0.6) is 0 Å². The van der Waals surface area contributed by atoms with Crippen LogP contribution in [-0.2, 0) is 19.4 Å². The lowest BCUT2D eigenvalue weighted by molar-refractivity contribution is -0.384. The topological polar surface area (TPSA) is 87.1 Å². The number of para-hydroxylation sites is 1. The normalized spacial score (nSPS) is 12.0. The van der Waals surface area contributed by atoms with Gasteiger partial charge in [0.25, 0.3) is 11.2 Å². The van der Waals surface area contributed by atoms with Crippen LogP contribution in [0, 0.1) is 27.7 Å². The van der Waals surface area contributed by atoms with Gasteiger partial charge in [0, 0.05) is 22.6 Å². The van der Waals surface area contributed by atoms with E-state index in [0.717, 1.165) is 33.6 Å². The molecule has 0 aliphatic carbocycles. The molecular formula is C35H27F2N3O4S. The number of non-ortho nitro benzene ring substituents is 1. The van der Waals surface area contributed by atoms with E-state index in [0.29, 0.717) is 34.5 Å². The quantitative estimate of drug-likeness (QED) is 0.123. The van der Waals surface area contributed by atoms with Crippen molar-refractivity contribution in [3.05, 3.63) is 162 Å². The first-order valence-corrected chi connectivity index (χ1v) is 15.1. The maximum Gasteiger partial charge on any atom is 0.337 e. The molecule has 0 fully saturated rings. The van der Waals surface area contributed by atoms with Crippen LogP contribution in [-0.4, -0.2) is 14.1 Å². The Morgan fingerprint density at radius 1 is 0.800 bits per heavy atom. The first-order chi connectivity index (χ1) is 21.7. The summed E-state index contributed by atoms with van der Waals surface area (Å²) < 4.78 is 32.1. The van der Waals surface area contributed by atoms with E-state index in [1.807, 2.05) is 30.3 Å². The zero-order chi connectivity index (χ0) is 31.7. The number of nitrogens with zero attached hydrogens (tertiary/aromatic N) is 3. The van der Waals surface area contributed by atoms with Gasteiger partial charge in [-0.2, -0.15) is 0 Å². The van der Waals surface area contributed by atoms with Crippen molar-refractivity contribution in [1.82, 2.24) is 9.13 Å². The molecule has 0 saturated carbocycles. The van der Waals surface area contributed by atoms with Crippen molar-refractivity contribution in [2.75, 3.05) is 0 Å². The molecule has 0 saturated heterocycles. The van der Waals surface area contributed by atoms with Crippen LogP contribution in [0.3, 0.4) is 0 Å². The van der Waals surface area contributed by atoms with Crippen molar-refractivity contribution in [3.63, 3.8) is 0 Å². The van der Waals surface area contributed by atoms with Gasteiger partial charge in [0.2, 0.25) is 0 Å². The summed E-state index contributed by atoms with van der Waals surface area (Å²) in [6, 6.07) is 27.9. The third kappa shape index (κ3) is 5.84. The van der Waals surface area contributed by atoms with Crippen LogP contribution in [0.4, 0.5) is 14.5 Å². The van der Waals surface area contributed by atoms with E-state index in [9.17, 15) is 28.5 Å². The lowest BCUT2D eigenvalue weighted by atomic mass is 9.92. The van der Waals surface area contributed by atoms with Crippen LogP contribution >= 0.6 is 11.3 Å². The van der Waals surface area contributed by atoms with Crippen LogP contribution in [0.2, 0.25) is 0 Å². The molecule has 0 N–H and O–H groups in total. The Balaban J connectivity index is 1.64. The second kappa shape index (κ2) is 12.4. The van der Waals surface area contributed by atoms with Crippen LogP contribution in [0.15, 0.2) is 113 Å². The number of hydrogen-bond acceptors (Lipinski definition) is 5. The molecule has 226 valence electrons. The summed E-state index contributed by atoms with van der Waals surface area (Å²) in [7, 11) is 0. The van der Waals surface area contributed by atoms with Crippen LogP contribution in [0.1, 0.15) is 23.6 Å². The molecule has 4 aromatic carbocycles. The predicted molar refractivity (Wildman–Crippen MR) is 172 cm³/mol. The Hall–Kier alpha value is -5.22. The fourth-order valence-corrected chi connectivity index (χ4v) is 6.98. The molecule has 2 aromatic heterocycles. The lowest BCUT2D eigenvalue weighted by Gasteiger charge is -2.15. The van der Waals surface area contributed by atoms with Gasteiger partial charge in [0.05, 0.1) is 22.5 Å². The number of thiophene rings is 1. The third-order valence-electron chi connectivity index (χ3n) is 7.78. The average Bonchev–Trinajstić information content (AvgIpc) is 3.40. The van der Waals surface area contributed by atoms with E-state index in [4.69, 9.17) is 0 Å². The molecule has 0 amide bonds. The fraction of sp³-hybridized carbons (Fsp3) is 0.143. The minimum Gasteiger partial charge on any atom is -0.279 e. The highest BCUT2D eigenvalue weighted by Crippen LogP contribution is 2.39. The van der Waals surface area contributed by atoms with Gasteiger partial charge in [-0.3, -0.25) is 19.5 Å². The molecule has 0 radical (unpaired) electrons. The minimum absolute atomic E-state index is 0.0518. The molecular weight excluding hydrogens is 596 g/mol. The summed E-state index contributed by atoms with van der Waals surface area (Å²) in [4.78, 5) is 40.2. The number of halogens is 2. The molecule has 10 heteroatoms. The Kier molecular flexibility index (Phi) is 8.23. The number of benzene rings is 4. The van der Waals surface area contributed by atoms with Gasteiger partial charge in [0.1, 0.15) is 16.5 Å². The largest absolute Gasteiger partial charge is 0.337 e. The number of rotatable bonds is 9. The highest BCUT2D eigenvalue weighted by Gasteiger charge is 2.26. The van der Waals surface area contributed by atoms with Crippen molar-refractivity contribution in [3.8, 4) is 16.1 Å². The average molecular weight is 624 g/mol. The first-order valence-electron chi connectivity index (χ1n) is 14.3. The van der Waals surface area contributed by atoms with Crippen molar-refractivity contribution >= 4 is 27.2 Å². The number of hydrogen-bond donors (Lipinski definition) is 0. The molecule has 0 aliphatic heterocycles. The first kappa shape index (κ1) is 29.8. The van der Waals surface area contributed by atoms with E-state index in [-0.39, 0.29) is 27.4 Å². The zero-order valence-corrected chi connectivity index (χ0v) is 25.0. The van der Waals surface area contributed by atoms with Crippen molar-refractivity contribution < 1.29 is 13.7 Å². The third-order valence-corrected chi connectivity index (χ3v) is 9.09. The van der Waals surface area contributed by atoms with Crippen LogP contribution < -0.4 is 11.2 Å². The van der Waals surface area contributed by atoms with Gasteiger partial charge < -0.3 is 0 Å². The van der Waals surface area contributed by atoms with E-state index in [1.165, 1.54) is 22.8 Å². The molecule has 0 bridgehead atoms. The van der Waals surface area contributed by atoms with Gasteiger partial charge in [-0.15, -0.1) is 11.3 Å². The fourth-order valence-electron chi connectivity index (χ4n) is 5.65. The van der Waals surface area contributed by atoms with E-state index < -0.39 is 34.4 Å². The molecule has 0 aliphatic rings. The second-order valence-corrected chi connectivity index (χ2v) is 11.9. The van der Waals surface area contributed by atoms with E-state index in [2.05, 4.69) is 6.92 Å². The number of nitro groups is 1. The Bertz CT molecular complexity index is 2120. The van der Waals surface area contributed by atoms with Gasteiger partial charge in [-0.25, -0.2) is 18.1 Å². The summed E-state index contributed by atoms with van der Waals surface area (Å²) in [6.07, 6.45) is 1.16. The van der Waals surface area contributed by atoms with Gasteiger partial charge in [-0.05, 0) is 71.8 Å². The maximum absolute atomic E-state index is 14.9. The zero-order valence-electron chi connectivity index (χ0n) is 24.2.